The maximum Gasteiger partial charge on any atom is 0.422 e. The highest BCUT2D eigenvalue weighted by molar-refractivity contribution is 14.0. The van der Waals surface area contributed by atoms with Crippen LogP contribution in [0, 0.1) is 0 Å². The molecule has 2 N–H and O–H groups in total. The second-order valence-corrected chi connectivity index (χ2v) is 4.28. The molecule has 0 spiro atoms. The molecule has 0 aliphatic carbocycles. The van der Waals surface area contributed by atoms with Crippen LogP contribution in [0.4, 0.5) is 13.2 Å². The fourth-order valence-corrected chi connectivity index (χ4v) is 1.58. The van der Waals surface area contributed by atoms with Crippen molar-refractivity contribution >= 4 is 29.9 Å². The fraction of sp³-hybridized carbons (Fsp3) is 0.500. The molecule has 8 heteroatoms. The summed E-state index contributed by atoms with van der Waals surface area (Å²) in [6.07, 6.45) is -4.34. The molecule has 0 atom stereocenters. The summed E-state index contributed by atoms with van der Waals surface area (Å²) < 4.78 is 41.0. The van der Waals surface area contributed by atoms with Crippen molar-refractivity contribution in [2.45, 2.75) is 26.6 Å². The zero-order valence-electron chi connectivity index (χ0n) is 12.5. The number of hydrogen-bond donors (Lipinski definition) is 2. The van der Waals surface area contributed by atoms with Gasteiger partial charge in [0.25, 0.3) is 0 Å². The van der Waals surface area contributed by atoms with Gasteiger partial charge in [-0.1, -0.05) is 12.1 Å². The molecule has 0 aliphatic heterocycles. The number of hydrogen-bond acceptors (Lipinski definition) is 2. The molecule has 0 aliphatic rings. The van der Waals surface area contributed by atoms with E-state index in [-0.39, 0.29) is 29.7 Å². The predicted octanol–water partition coefficient (Wildman–Crippen LogP) is 3.32. The van der Waals surface area contributed by atoms with Crippen LogP contribution in [0.5, 0.6) is 5.75 Å². The van der Waals surface area contributed by atoms with Gasteiger partial charge in [0.15, 0.2) is 12.6 Å². The maximum atomic E-state index is 12.1. The average molecular weight is 431 g/mol. The number of guanidine groups is 1. The maximum absolute atomic E-state index is 12.1. The third-order valence-electron chi connectivity index (χ3n) is 2.41. The van der Waals surface area contributed by atoms with Crippen LogP contribution < -0.4 is 15.4 Å². The van der Waals surface area contributed by atoms with E-state index in [0.29, 0.717) is 12.5 Å². The van der Waals surface area contributed by atoms with Gasteiger partial charge in [-0.05, 0) is 31.5 Å². The molecule has 126 valence electrons. The third-order valence-corrected chi connectivity index (χ3v) is 2.41. The van der Waals surface area contributed by atoms with Gasteiger partial charge < -0.3 is 15.4 Å². The van der Waals surface area contributed by atoms with Crippen LogP contribution in [0.25, 0.3) is 0 Å². The zero-order valence-corrected chi connectivity index (χ0v) is 14.9. The zero-order chi connectivity index (χ0) is 15.7. The van der Waals surface area contributed by atoms with Gasteiger partial charge >= 0.3 is 6.18 Å². The number of ether oxygens (including phenoxy) is 1. The van der Waals surface area contributed by atoms with Crippen molar-refractivity contribution < 1.29 is 17.9 Å². The molecule has 1 aromatic rings. The highest BCUT2D eigenvalue weighted by Crippen LogP contribution is 2.19. The summed E-state index contributed by atoms with van der Waals surface area (Å²) in [6, 6.07) is 6.50. The number of nitrogens with zero attached hydrogens (tertiary/aromatic N) is 1. The second-order valence-electron chi connectivity index (χ2n) is 4.28. The Balaban J connectivity index is 0.00000441. The van der Waals surface area contributed by atoms with Crippen molar-refractivity contribution in [1.82, 2.24) is 10.6 Å². The Labute approximate surface area is 145 Å². The first-order valence-electron chi connectivity index (χ1n) is 6.75. The summed E-state index contributed by atoms with van der Waals surface area (Å²) in [5, 5.41) is 6.14. The summed E-state index contributed by atoms with van der Waals surface area (Å²) in [5.41, 5.74) is 0.781. The van der Waals surface area contributed by atoms with Crippen LogP contribution in [-0.4, -0.2) is 31.8 Å². The van der Waals surface area contributed by atoms with E-state index in [1.807, 2.05) is 13.8 Å². The van der Waals surface area contributed by atoms with E-state index < -0.39 is 12.8 Å². The molecule has 4 nitrogen and oxygen atoms in total. The largest absolute Gasteiger partial charge is 0.484 e. The minimum Gasteiger partial charge on any atom is -0.484 e. The molecular formula is C14H21F3IN3O. The Morgan fingerprint density at radius 2 is 1.82 bits per heavy atom. The van der Waals surface area contributed by atoms with E-state index >= 15 is 0 Å². The normalized spacial score (nSPS) is 10.4. The van der Waals surface area contributed by atoms with Gasteiger partial charge in [0.05, 0.1) is 6.54 Å². The molecule has 0 bridgehead atoms. The third kappa shape index (κ3) is 8.96. The molecule has 0 saturated carbocycles. The van der Waals surface area contributed by atoms with Crippen molar-refractivity contribution in [3.05, 3.63) is 29.8 Å². The molecule has 0 saturated heterocycles. The van der Waals surface area contributed by atoms with E-state index in [1.54, 1.807) is 18.2 Å². The second kappa shape index (κ2) is 10.5. The van der Waals surface area contributed by atoms with E-state index in [4.69, 9.17) is 4.74 Å². The van der Waals surface area contributed by atoms with Crippen LogP contribution in [0.1, 0.15) is 19.4 Å². The first kappa shape index (κ1) is 20.8. The standard InChI is InChI=1S/C14H20F3N3O.HI/c1-3-18-13(19-4-2)20-9-11-6-5-7-12(8-11)21-10-14(15,16)17;/h5-8H,3-4,9-10H2,1-2H3,(H2,18,19,20);1H. The van der Waals surface area contributed by atoms with Gasteiger partial charge in [0, 0.05) is 13.1 Å². The molecule has 0 amide bonds. The molecule has 0 fully saturated rings. The van der Waals surface area contributed by atoms with Gasteiger partial charge in [0.1, 0.15) is 5.75 Å². The lowest BCUT2D eigenvalue weighted by Gasteiger charge is -2.11. The summed E-state index contributed by atoms with van der Waals surface area (Å²) in [4.78, 5) is 4.34. The molecule has 0 heterocycles. The Morgan fingerprint density at radius 3 is 2.36 bits per heavy atom. The van der Waals surface area contributed by atoms with Gasteiger partial charge in [-0.15, -0.1) is 24.0 Å². The van der Waals surface area contributed by atoms with Crippen LogP contribution in [0.15, 0.2) is 29.3 Å². The minimum atomic E-state index is -4.34. The SMILES string of the molecule is CCNC(=NCc1cccc(OCC(F)(F)F)c1)NCC.I. The van der Waals surface area contributed by atoms with Crippen molar-refractivity contribution in [3.63, 3.8) is 0 Å². The lowest BCUT2D eigenvalue weighted by atomic mass is 10.2. The molecule has 0 aromatic heterocycles. The Kier molecular flexibility index (Phi) is 9.95. The Morgan fingerprint density at radius 1 is 1.18 bits per heavy atom. The van der Waals surface area contributed by atoms with E-state index in [1.165, 1.54) is 6.07 Å². The summed E-state index contributed by atoms with van der Waals surface area (Å²) in [6.45, 7) is 4.45. The molecule has 22 heavy (non-hydrogen) atoms. The molecule has 1 aromatic carbocycles. The summed E-state index contributed by atoms with van der Waals surface area (Å²) in [5.74, 6) is 0.857. The topological polar surface area (TPSA) is 45.7 Å². The number of nitrogens with one attached hydrogen (secondary N) is 2. The van der Waals surface area contributed by atoms with Gasteiger partial charge in [-0.2, -0.15) is 13.2 Å². The summed E-state index contributed by atoms with van der Waals surface area (Å²) >= 11 is 0. The Hall–Kier alpha value is -1.19. The molecular weight excluding hydrogens is 410 g/mol. The van der Waals surface area contributed by atoms with Crippen LogP contribution in [0.3, 0.4) is 0 Å². The first-order valence-corrected chi connectivity index (χ1v) is 6.75. The fourth-order valence-electron chi connectivity index (χ4n) is 1.58. The minimum absolute atomic E-state index is 0. The molecule has 1 rings (SSSR count). The van der Waals surface area contributed by atoms with E-state index in [2.05, 4.69) is 15.6 Å². The van der Waals surface area contributed by atoms with Crippen LogP contribution in [0.2, 0.25) is 0 Å². The smallest absolute Gasteiger partial charge is 0.422 e. The summed E-state index contributed by atoms with van der Waals surface area (Å²) in [7, 11) is 0. The van der Waals surface area contributed by atoms with E-state index in [9.17, 15) is 13.2 Å². The quantitative estimate of drug-likeness (QED) is 0.413. The van der Waals surface area contributed by atoms with Crippen molar-refractivity contribution in [3.8, 4) is 5.75 Å². The number of benzene rings is 1. The van der Waals surface area contributed by atoms with E-state index in [0.717, 1.165) is 18.7 Å². The highest BCUT2D eigenvalue weighted by Gasteiger charge is 2.28. The number of aliphatic imine (C=N–C) groups is 1. The first-order chi connectivity index (χ1) is 9.94. The lowest BCUT2D eigenvalue weighted by molar-refractivity contribution is -0.153. The number of alkyl halides is 3. The molecule has 0 radical (unpaired) electrons. The van der Waals surface area contributed by atoms with Crippen molar-refractivity contribution in [2.24, 2.45) is 4.99 Å². The van der Waals surface area contributed by atoms with Crippen LogP contribution >= 0.6 is 24.0 Å². The molecule has 0 unspecified atom stereocenters. The van der Waals surface area contributed by atoms with Crippen molar-refractivity contribution in [1.29, 1.82) is 0 Å². The average Bonchev–Trinajstić information content (AvgIpc) is 2.43. The number of rotatable bonds is 6. The van der Waals surface area contributed by atoms with Gasteiger partial charge in [-0.3, -0.25) is 0 Å². The lowest BCUT2D eigenvalue weighted by Crippen LogP contribution is -2.36. The van der Waals surface area contributed by atoms with Crippen LogP contribution in [-0.2, 0) is 6.54 Å². The predicted molar refractivity (Wildman–Crippen MR) is 91.9 cm³/mol. The van der Waals surface area contributed by atoms with Gasteiger partial charge in [-0.25, -0.2) is 4.99 Å². The van der Waals surface area contributed by atoms with Gasteiger partial charge in [0.2, 0.25) is 0 Å². The monoisotopic (exact) mass is 431 g/mol. The Bertz CT molecular complexity index is 459. The van der Waals surface area contributed by atoms with Crippen molar-refractivity contribution in [2.75, 3.05) is 19.7 Å². The number of halogens is 4. The highest BCUT2D eigenvalue weighted by atomic mass is 127.